The second kappa shape index (κ2) is 9.08. The van der Waals surface area contributed by atoms with E-state index in [4.69, 9.17) is 0 Å². The van der Waals surface area contributed by atoms with E-state index in [2.05, 4.69) is 12.1 Å². The van der Waals surface area contributed by atoms with Gasteiger partial charge < -0.3 is 0 Å². The molecule has 0 saturated heterocycles. The van der Waals surface area contributed by atoms with Crippen molar-refractivity contribution in [1.29, 1.82) is 0 Å². The Morgan fingerprint density at radius 3 is 2.09 bits per heavy atom. The third-order valence-electron chi connectivity index (χ3n) is 2.87. The van der Waals surface area contributed by atoms with Crippen LogP contribution >= 0.6 is 21.6 Å². The lowest BCUT2D eigenvalue weighted by Gasteiger charge is -2.01. The molecule has 2 aromatic carbocycles. The Labute approximate surface area is 140 Å². The zero-order valence-electron chi connectivity index (χ0n) is 12.1. The maximum Gasteiger partial charge on any atom is 0.158 e. The fourth-order valence-electron chi connectivity index (χ4n) is 1.83. The fraction of sp³-hybridized carbons (Fsp3) is 0.176. The molecule has 0 fully saturated rings. The highest BCUT2D eigenvalue weighted by Gasteiger charge is 2.09. The van der Waals surface area contributed by atoms with Crippen LogP contribution in [0.1, 0.15) is 11.1 Å². The molecule has 0 unspecified atom stereocenters. The minimum absolute atomic E-state index is 0.0841. The van der Waals surface area contributed by atoms with Crippen molar-refractivity contribution in [3.05, 3.63) is 83.3 Å². The van der Waals surface area contributed by atoms with E-state index in [0.29, 0.717) is 0 Å². The summed E-state index contributed by atoms with van der Waals surface area (Å²) in [6.07, 6.45) is 1.72. The van der Waals surface area contributed by atoms with E-state index in [1.54, 1.807) is 27.7 Å². The highest BCUT2D eigenvalue weighted by Crippen LogP contribution is 2.26. The largest absolute Gasteiger partial charge is 0.228 e. The van der Waals surface area contributed by atoms with Crippen LogP contribution in [0, 0.1) is 0 Å². The summed E-state index contributed by atoms with van der Waals surface area (Å²) in [7, 11) is 0.179. The molecule has 0 bridgehead atoms. The van der Waals surface area contributed by atoms with Crippen LogP contribution in [0.5, 0.6) is 0 Å². The van der Waals surface area contributed by atoms with E-state index in [1.165, 1.54) is 5.56 Å². The Morgan fingerprint density at radius 1 is 0.864 bits per heavy atom. The van der Waals surface area contributed by atoms with Gasteiger partial charge in [0.15, 0.2) is 9.84 Å². The summed E-state index contributed by atoms with van der Waals surface area (Å²) in [6, 6.07) is 19.5. The zero-order valence-corrected chi connectivity index (χ0v) is 14.5. The van der Waals surface area contributed by atoms with Crippen molar-refractivity contribution < 1.29 is 8.42 Å². The SMILES string of the molecule is O=S(=O)(C/C=C/SSCc1ccccc1)Cc1ccccc1. The first-order valence-corrected chi connectivity index (χ1v) is 11.1. The first kappa shape index (κ1) is 17.2. The van der Waals surface area contributed by atoms with Gasteiger partial charge in [0, 0.05) is 5.75 Å². The van der Waals surface area contributed by atoms with E-state index in [9.17, 15) is 8.42 Å². The average Bonchev–Trinajstić information content (AvgIpc) is 2.52. The Kier molecular flexibility index (Phi) is 7.09. The first-order chi connectivity index (χ1) is 10.7. The summed E-state index contributed by atoms with van der Waals surface area (Å²) in [5.74, 6) is 1.09. The second-order valence-corrected chi connectivity index (χ2v) is 9.14. The van der Waals surface area contributed by atoms with E-state index < -0.39 is 9.84 Å². The highest BCUT2D eigenvalue weighted by atomic mass is 33.1. The van der Waals surface area contributed by atoms with Crippen molar-refractivity contribution in [2.24, 2.45) is 0 Å². The molecule has 0 aliphatic rings. The van der Waals surface area contributed by atoms with Crippen LogP contribution < -0.4 is 0 Å². The topological polar surface area (TPSA) is 34.1 Å². The van der Waals surface area contributed by atoms with Crippen molar-refractivity contribution in [3.8, 4) is 0 Å². The molecule has 0 aliphatic carbocycles. The summed E-state index contributed by atoms with van der Waals surface area (Å²) in [4.78, 5) is 0. The molecule has 5 heteroatoms. The summed E-state index contributed by atoms with van der Waals surface area (Å²) in [5, 5.41) is 1.86. The molecule has 22 heavy (non-hydrogen) atoms. The first-order valence-electron chi connectivity index (χ1n) is 6.87. The minimum Gasteiger partial charge on any atom is -0.228 e. The van der Waals surface area contributed by atoms with E-state index >= 15 is 0 Å². The predicted molar refractivity (Wildman–Crippen MR) is 98.4 cm³/mol. The maximum atomic E-state index is 12.0. The minimum atomic E-state index is -3.08. The fourth-order valence-corrected chi connectivity index (χ4v) is 4.89. The average molecular weight is 351 g/mol. The number of hydrogen-bond donors (Lipinski definition) is 0. The molecule has 0 heterocycles. The molecule has 0 aliphatic heterocycles. The molecule has 2 nitrogen and oxygen atoms in total. The van der Waals surface area contributed by atoms with Crippen molar-refractivity contribution >= 4 is 31.4 Å². The zero-order chi connectivity index (χ0) is 15.7. The van der Waals surface area contributed by atoms with Gasteiger partial charge >= 0.3 is 0 Å². The van der Waals surface area contributed by atoms with Gasteiger partial charge in [-0.2, -0.15) is 0 Å². The molecule has 0 saturated carbocycles. The van der Waals surface area contributed by atoms with Gasteiger partial charge in [0.25, 0.3) is 0 Å². The van der Waals surface area contributed by atoms with Gasteiger partial charge in [0.05, 0.1) is 11.5 Å². The van der Waals surface area contributed by atoms with E-state index in [0.717, 1.165) is 11.3 Å². The van der Waals surface area contributed by atoms with Gasteiger partial charge in [-0.15, -0.1) is 0 Å². The standard InChI is InChI=1S/C17H18O2S3/c18-22(19,15-17-10-5-2-6-11-17)13-7-12-20-21-14-16-8-3-1-4-9-16/h1-12H,13-15H2/b12-7+. The van der Waals surface area contributed by atoms with Crippen LogP contribution in [-0.2, 0) is 21.3 Å². The maximum absolute atomic E-state index is 12.0. The lowest BCUT2D eigenvalue weighted by Crippen LogP contribution is -2.07. The molecule has 0 N–H and O–H groups in total. The molecule has 2 aromatic rings. The second-order valence-electron chi connectivity index (χ2n) is 4.76. The van der Waals surface area contributed by atoms with Gasteiger partial charge in [-0.1, -0.05) is 88.3 Å². The predicted octanol–water partition coefficient (Wildman–Crippen LogP) is 4.70. The lowest BCUT2D eigenvalue weighted by molar-refractivity contribution is 0.598. The molecular formula is C17H18O2S3. The van der Waals surface area contributed by atoms with Crippen molar-refractivity contribution in [1.82, 2.24) is 0 Å². The van der Waals surface area contributed by atoms with Gasteiger partial charge in [-0.05, 0) is 16.5 Å². The summed E-state index contributed by atoms with van der Waals surface area (Å²) < 4.78 is 24.0. The molecule has 0 spiro atoms. The molecule has 0 radical (unpaired) electrons. The van der Waals surface area contributed by atoms with Gasteiger partial charge in [0.1, 0.15) is 0 Å². The van der Waals surface area contributed by atoms with Crippen molar-refractivity contribution in [3.63, 3.8) is 0 Å². The van der Waals surface area contributed by atoms with Crippen LogP contribution in [0.2, 0.25) is 0 Å². The summed E-state index contributed by atoms with van der Waals surface area (Å²) in [6.45, 7) is 0. The van der Waals surface area contributed by atoms with Crippen molar-refractivity contribution in [2.45, 2.75) is 11.5 Å². The van der Waals surface area contributed by atoms with Gasteiger partial charge in [-0.3, -0.25) is 0 Å². The molecule has 0 amide bonds. The van der Waals surface area contributed by atoms with E-state index in [1.807, 2.05) is 53.9 Å². The van der Waals surface area contributed by atoms with Crippen LogP contribution in [0.4, 0.5) is 0 Å². The van der Waals surface area contributed by atoms with Gasteiger partial charge in [0.2, 0.25) is 0 Å². The van der Waals surface area contributed by atoms with Crippen LogP contribution in [0.15, 0.2) is 72.1 Å². The number of hydrogen-bond acceptors (Lipinski definition) is 4. The quantitative estimate of drug-likeness (QED) is 0.511. The number of sulfone groups is 1. The molecule has 2 rings (SSSR count). The number of rotatable bonds is 8. The Morgan fingerprint density at radius 2 is 1.45 bits per heavy atom. The Balaban J connectivity index is 1.70. The van der Waals surface area contributed by atoms with E-state index in [-0.39, 0.29) is 11.5 Å². The molecule has 116 valence electrons. The van der Waals surface area contributed by atoms with Crippen molar-refractivity contribution in [2.75, 3.05) is 5.75 Å². The summed E-state index contributed by atoms with van der Waals surface area (Å²) >= 11 is 0. The van der Waals surface area contributed by atoms with Crippen LogP contribution in [-0.4, -0.2) is 14.2 Å². The Hall–Kier alpha value is -1.17. The monoisotopic (exact) mass is 350 g/mol. The highest BCUT2D eigenvalue weighted by molar-refractivity contribution is 8.77. The lowest BCUT2D eigenvalue weighted by atomic mass is 10.2. The molecule has 0 aromatic heterocycles. The Bertz CT molecular complexity index is 680. The molecular weight excluding hydrogens is 332 g/mol. The third-order valence-corrected chi connectivity index (χ3v) is 6.33. The molecule has 0 atom stereocenters. The van der Waals surface area contributed by atoms with Crippen LogP contribution in [0.3, 0.4) is 0 Å². The third kappa shape index (κ3) is 6.73. The number of benzene rings is 2. The summed E-state index contributed by atoms with van der Waals surface area (Å²) in [5.41, 5.74) is 2.10. The smallest absolute Gasteiger partial charge is 0.158 e. The van der Waals surface area contributed by atoms with Gasteiger partial charge in [-0.25, -0.2) is 8.42 Å². The van der Waals surface area contributed by atoms with Crippen LogP contribution in [0.25, 0.3) is 0 Å². The normalized spacial score (nSPS) is 11.8.